The van der Waals surface area contributed by atoms with Crippen LogP contribution in [0.3, 0.4) is 0 Å². The number of hydrogen-bond acceptors (Lipinski definition) is 3. The third kappa shape index (κ3) is 3.78. The lowest BCUT2D eigenvalue weighted by Crippen LogP contribution is -2.31. The minimum atomic E-state index is -0.165. The first kappa shape index (κ1) is 14.0. The summed E-state index contributed by atoms with van der Waals surface area (Å²) in [5.74, 6) is 2.57. The SMILES string of the molecule is CC1CCC(CNC(=O)c2n[nH]c(C(C)C)n2)CC1. The number of nitrogens with one attached hydrogen (secondary N) is 2. The highest BCUT2D eigenvalue weighted by Gasteiger charge is 2.20. The van der Waals surface area contributed by atoms with E-state index in [1.165, 1.54) is 25.7 Å². The molecule has 106 valence electrons. The van der Waals surface area contributed by atoms with E-state index >= 15 is 0 Å². The maximum atomic E-state index is 11.9. The molecule has 1 amide bonds. The van der Waals surface area contributed by atoms with Gasteiger partial charge in [-0.05, 0) is 24.7 Å². The van der Waals surface area contributed by atoms with Crippen molar-refractivity contribution in [3.05, 3.63) is 11.6 Å². The van der Waals surface area contributed by atoms with Gasteiger partial charge in [0, 0.05) is 12.5 Å². The normalized spacial score (nSPS) is 23.6. The molecule has 1 aromatic heterocycles. The number of amides is 1. The van der Waals surface area contributed by atoms with Crippen LogP contribution in [-0.2, 0) is 0 Å². The van der Waals surface area contributed by atoms with Crippen LogP contribution in [-0.4, -0.2) is 27.6 Å². The van der Waals surface area contributed by atoms with Crippen molar-refractivity contribution in [1.82, 2.24) is 20.5 Å². The molecule has 19 heavy (non-hydrogen) atoms. The first-order valence-electron chi connectivity index (χ1n) is 7.26. The lowest BCUT2D eigenvalue weighted by Gasteiger charge is -2.25. The monoisotopic (exact) mass is 264 g/mol. The highest BCUT2D eigenvalue weighted by molar-refractivity contribution is 5.90. The molecule has 5 heteroatoms. The molecule has 0 aromatic carbocycles. The van der Waals surface area contributed by atoms with Crippen LogP contribution in [0.5, 0.6) is 0 Å². The van der Waals surface area contributed by atoms with Gasteiger partial charge in [-0.2, -0.15) is 0 Å². The molecule has 0 atom stereocenters. The summed E-state index contributed by atoms with van der Waals surface area (Å²) in [6.07, 6.45) is 4.98. The van der Waals surface area contributed by atoms with Crippen molar-refractivity contribution >= 4 is 5.91 Å². The van der Waals surface area contributed by atoms with Gasteiger partial charge in [0.1, 0.15) is 5.82 Å². The zero-order valence-corrected chi connectivity index (χ0v) is 12.1. The zero-order valence-electron chi connectivity index (χ0n) is 12.1. The van der Waals surface area contributed by atoms with E-state index in [1.54, 1.807) is 0 Å². The van der Waals surface area contributed by atoms with Gasteiger partial charge in [-0.1, -0.05) is 33.6 Å². The minimum absolute atomic E-state index is 0.165. The Morgan fingerprint density at radius 2 is 2.05 bits per heavy atom. The molecule has 1 aliphatic rings. The second kappa shape index (κ2) is 6.17. The molecule has 5 nitrogen and oxygen atoms in total. The standard InChI is InChI=1S/C14H24N4O/c1-9(2)12-16-13(18-17-12)14(19)15-8-11-6-4-10(3)5-7-11/h9-11H,4-8H2,1-3H3,(H,15,19)(H,16,17,18). The maximum absolute atomic E-state index is 11.9. The molecule has 0 aliphatic heterocycles. The van der Waals surface area contributed by atoms with Crippen LogP contribution in [0, 0.1) is 11.8 Å². The zero-order chi connectivity index (χ0) is 13.8. The van der Waals surface area contributed by atoms with Crippen LogP contribution in [0.15, 0.2) is 0 Å². The number of carbonyl (C=O) groups excluding carboxylic acids is 1. The number of aromatic nitrogens is 3. The van der Waals surface area contributed by atoms with Gasteiger partial charge in [0.2, 0.25) is 5.82 Å². The van der Waals surface area contributed by atoms with Crippen molar-refractivity contribution in [2.75, 3.05) is 6.54 Å². The van der Waals surface area contributed by atoms with Crippen molar-refractivity contribution in [3.8, 4) is 0 Å². The van der Waals surface area contributed by atoms with Gasteiger partial charge >= 0.3 is 0 Å². The summed E-state index contributed by atoms with van der Waals surface area (Å²) >= 11 is 0. The Balaban J connectivity index is 1.80. The molecule has 0 spiro atoms. The highest BCUT2D eigenvalue weighted by atomic mass is 16.2. The van der Waals surface area contributed by atoms with Gasteiger partial charge in [-0.25, -0.2) is 4.98 Å². The van der Waals surface area contributed by atoms with Crippen molar-refractivity contribution in [2.45, 2.75) is 52.4 Å². The van der Waals surface area contributed by atoms with Gasteiger partial charge in [-0.15, -0.1) is 5.10 Å². The molecular weight excluding hydrogens is 240 g/mol. The van der Waals surface area contributed by atoms with Crippen LogP contribution in [0.25, 0.3) is 0 Å². The molecule has 2 rings (SSSR count). The van der Waals surface area contributed by atoms with Gasteiger partial charge in [0.25, 0.3) is 5.91 Å². The molecule has 0 saturated heterocycles. The Hall–Kier alpha value is -1.39. The van der Waals surface area contributed by atoms with Crippen molar-refractivity contribution in [2.24, 2.45) is 11.8 Å². The fraction of sp³-hybridized carbons (Fsp3) is 0.786. The predicted octanol–water partition coefficient (Wildman–Crippen LogP) is 2.48. The van der Waals surface area contributed by atoms with Crippen LogP contribution in [0.4, 0.5) is 0 Å². The third-order valence-corrected chi connectivity index (χ3v) is 3.94. The molecule has 1 saturated carbocycles. The highest BCUT2D eigenvalue weighted by Crippen LogP contribution is 2.27. The topological polar surface area (TPSA) is 70.7 Å². The second-order valence-electron chi connectivity index (χ2n) is 6.03. The van der Waals surface area contributed by atoms with Crippen molar-refractivity contribution < 1.29 is 4.79 Å². The van der Waals surface area contributed by atoms with E-state index in [0.717, 1.165) is 18.3 Å². The summed E-state index contributed by atoms with van der Waals surface area (Å²) in [5.41, 5.74) is 0. The Kier molecular flexibility index (Phi) is 4.56. The number of nitrogens with zero attached hydrogens (tertiary/aromatic N) is 2. The Morgan fingerprint density at radius 1 is 1.37 bits per heavy atom. The lowest BCUT2D eigenvalue weighted by molar-refractivity contribution is 0.0932. The first-order valence-corrected chi connectivity index (χ1v) is 7.26. The quantitative estimate of drug-likeness (QED) is 0.877. The number of H-pyrrole nitrogens is 1. The van der Waals surface area contributed by atoms with Gasteiger partial charge in [-0.3, -0.25) is 9.89 Å². The summed E-state index contributed by atoms with van der Waals surface area (Å²) < 4.78 is 0. The maximum Gasteiger partial charge on any atom is 0.290 e. The van der Waals surface area contributed by atoms with E-state index in [9.17, 15) is 4.79 Å². The largest absolute Gasteiger partial charge is 0.349 e. The van der Waals surface area contributed by atoms with Crippen LogP contribution < -0.4 is 5.32 Å². The summed E-state index contributed by atoms with van der Waals surface area (Å²) in [6.45, 7) is 7.09. The Bertz CT molecular complexity index is 419. The molecule has 1 aromatic rings. The number of hydrogen-bond donors (Lipinski definition) is 2. The molecule has 0 radical (unpaired) electrons. The summed E-state index contributed by atoms with van der Waals surface area (Å²) in [7, 11) is 0. The van der Waals surface area contributed by atoms with Gasteiger partial charge in [0.05, 0.1) is 0 Å². The van der Waals surface area contributed by atoms with E-state index in [0.29, 0.717) is 5.92 Å². The molecule has 1 aliphatic carbocycles. The van der Waals surface area contributed by atoms with E-state index in [-0.39, 0.29) is 17.6 Å². The van der Waals surface area contributed by atoms with Gasteiger partial charge < -0.3 is 5.32 Å². The Morgan fingerprint density at radius 3 is 2.63 bits per heavy atom. The van der Waals surface area contributed by atoms with Crippen LogP contribution in [0.1, 0.15) is 68.8 Å². The molecule has 0 unspecified atom stereocenters. The van der Waals surface area contributed by atoms with Crippen LogP contribution >= 0.6 is 0 Å². The summed E-state index contributed by atoms with van der Waals surface area (Å²) in [5, 5.41) is 9.72. The average molecular weight is 264 g/mol. The predicted molar refractivity (Wildman–Crippen MR) is 73.9 cm³/mol. The molecular formula is C14H24N4O. The third-order valence-electron chi connectivity index (χ3n) is 3.94. The van der Waals surface area contributed by atoms with E-state index in [4.69, 9.17) is 0 Å². The molecule has 0 bridgehead atoms. The smallest absolute Gasteiger partial charge is 0.290 e. The molecule has 1 fully saturated rings. The number of carbonyl (C=O) groups is 1. The lowest BCUT2D eigenvalue weighted by atomic mass is 9.83. The first-order chi connectivity index (χ1) is 9.06. The van der Waals surface area contributed by atoms with E-state index < -0.39 is 0 Å². The molecule has 1 heterocycles. The Labute approximate surface area is 114 Å². The van der Waals surface area contributed by atoms with Crippen LogP contribution in [0.2, 0.25) is 0 Å². The number of aromatic amines is 1. The molecule has 2 N–H and O–H groups in total. The summed E-state index contributed by atoms with van der Waals surface area (Å²) in [6, 6.07) is 0. The fourth-order valence-corrected chi connectivity index (χ4v) is 2.48. The van der Waals surface area contributed by atoms with Crippen molar-refractivity contribution in [1.29, 1.82) is 0 Å². The average Bonchev–Trinajstić information content (AvgIpc) is 2.87. The summed E-state index contributed by atoms with van der Waals surface area (Å²) in [4.78, 5) is 16.1. The van der Waals surface area contributed by atoms with E-state index in [2.05, 4.69) is 27.4 Å². The minimum Gasteiger partial charge on any atom is -0.349 e. The van der Waals surface area contributed by atoms with Crippen molar-refractivity contribution in [3.63, 3.8) is 0 Å². The van der Waals surface area contributed by atoms with E-state index in [1.807, 2.05) is 13.8 Å². The van der Waals surface area contributed by atoms with Gasteiger partial charge in [0.15, 0.2) is 0 Å². The number of rotatable bonds is 4. The fourth-order valence-electron chi connectivity index (χ4n) is 2.48. The second-order valence-corrected chi connectivity index (χ2v) is 6.03.